The molecule has 1 aromatic heterocycles. The highest BCUT2D eigenvalue weighted by Crippen LogP contribution is 2.25. The molecule has 3 rings (SSSR count). The lowest BCUT2D eigenvalue weighted by Gasteiger charge is -2.22. The lowest BCUT2D eigenvalue weighted by molar-refractivity contribution is -0.134. The van der Waals surface area contributed by atoms with E-state index in [1.165, 1.54) is 23.2 Å². The minimum absolute atomic E-state index is 0.145. The zero-order valence-electron chi connectivity index (χ0n) is 14.8. The highest BCUT2D eigenvalue weighted by molar-refractivity contribution is 7.10. The molecule has 0 bridgehead atoms. The van der Waals surface area contributed by atoms with Gasteiger partial charge in [0.05, 0.1) is 23.9 Å². The first-order valence-electron chi connectivity index (χ1n) is 8.61. The van der Waals surface area contributed by atoms with E-state index >= 15 is 0 Å². The van der Waals surface area contributed by atoms with Crippen molar-refractivity contribution >= 4 is 40.4 Å². The van der Waals surface area contributed by atoms with Crippen LogP contribution in [0.25, 0.3) is 0 Å². The van der Waals surface area contributed by atoms with E-state index < -0.39 is 12.1 Å². The average Bonchev–Trinajstić information content (AvgIpc) is 3.26. The molecule has 0 saturated carbocycles. The van der Waals surface area contributed by atoms with Crippen LogP contribution in [0.4, 0.5) is 11.4 Å². The molecule has 0 unspecified atom stereocenters. The van der Waals surface area contributed by atoms with Gasteiger partial charge in [0.25, 0.3) is 0 Å². The lowest BCUT2D eigenvalue weighted by atomic mass is 10.1. The third kappa shape index (κ3) is 4.72. The van der Waals surface area contributed by atoms with Crippen molar-refractivity contribution in [3.05, 3.63) is 46.7 Å². The summed E-state index contributed by atoms with van der Waals surface area (Å²) >= 11 is 1.50. The summed E-state index contributed by atoms with van der Waals surface area (Å²) in [5.74, 6) is -0.827. The van der Waals surface area contributed by atoms with Gasteiger partial charge >= 0.3 is 0 Å². The first kappa shape index (κ1) is 19.1. The van der Waals surface area contributed by atoms with Crippen LogP contribution < -0.4 is 10.6 Å². The second-order valence-corrected chi connectivity index (χ2v) is 7.45. The Balaban J connectivity index is 1.69. The largest absolute Gasteiger partial charge is 0.391 e. The zero-order valence-corrected chi connectivity index (χ0v) is 15.7. The highest BCUT2D eigenvalue weighted by atomic mass is 32.1. The number of rotatable bonds is 5. The Hall–Kier alpha value is -2.71. The van der Waals surface area contributed by atoms with Gasteiger partial charge in [0, 0.05) is 24.8 Å². The van der Waals surface area contributed by atoms with E-state index in [0.717, 1.165) is 4.88 Å². The molecular formula is C19H21N3O4S. The molecular weight excluding hydrogens is 366 g/mol. The lowest BCUT2D eigenvalue weighted by Crippen LogP contribution is -2.42. The molecule has 0 radical (unpaired) electrons. The molecule has 8 heteroatoms. The molecule has 2 heterocycles. The van der Waals surface area contributed by atoms with Crippen LogP contribution in [-0.2, 0) is 20.8 Å². The third-order valence-corrected chi connectivity index (χ3v) is 5.24. The Morgan fingerprint density at radius 1 is 1.15 bits per heavy atom. The Morgan fingerprint density at radius 3 is 2.48 bits per heavy atom. The number of hydrogen-bond donors (Lipinski definition) is 3. The van der Waals surface area contributed by atoms with Gasteiger partial charge in [-0.15, -0.1) is 11.3 Å². The number of aliphatic hydroxyl groups excluding tert-OH is 1. The SMILES string of the molecule is CC(=O)N1C[C@H](O)C[C@@H]1C(=O)Nc1ccccc1NC(=O)Cc1cccs1. The number of carbonyl (C=O) groups excluding carboxylic acids is 3. The van der Waals surface area contributed by atoms with Gasteiger partial charge in [0.2, 0.25) is 17.7 Å². The number of anilines is 2. The minimum Gasteiger partial charge on any atom is -0.391 e. The van der Waals surface area contributed by atoms with Crippen molar-refractivity contribution in [3.63, 3.8) is 0 Å². The van der Waals surface area contributed by atoms with Crippen LogP contribution in [-0.4, -0.2) is 46.4 Å². The van der Waals surface area contributed by atoms with Gasteiger partial charge in [-0.05, 0) is 23.6 Å². The summed E-state index contributed by atoms with van der Waals surface area (Å²) in [5, 5.41) is 17.3. The van der Waals surface area contributed by atoms with Crippen LogP contribution in [0.15, 0.2) is 41.8 Å². The number of nitrogens with one attached hydrogen (secondary N) is 2. The molecule has 142 valence electrons. The molecule has 2 atom stereocenters. The molecule has 2 aromatic rings. The number of benzene rings is 1. The molecule has 1 aliphatic heterocycles. The molecule has 1 aromatic carbocycles. The van der Waals surface area contributed by atoms with Crippen LogP contribution in [0.5, 0.6) is 0 Å². The van der Waals surface area contributed by atoms with E-state index in [1.54, 1.807) is 24.3 Å². The molecule has 1 fully saturated rings. The number of nitrogens with zero attached hydrogens (tertiary/aromatic N) is 1. The fourth-order valence-electron chi connectivity index (χ4n) is 3.09. The van der Waals surface area contributed by atoms with Gasteiger partial charge in [-0.2, -0.15) is 0 Å². The summed E-state index contributed by atoms with van der Waals surface area (Å²) in [6, 6.07) is 9.94. The number of thiophene rings is 1. The van der Waals surface area contributed by atoms with Gasteiger partial charge < -0.3 is 20.6 Å². The van der Waals surface area contributed by atoms with Crippen molar-refractivity contribution in [2.45, 2.75) is 31.9 Å². The summed E-state index contributed by atoms with van der Waals surface area (Å²) in [5.41, 5.74) is 0.937. The number of likely N-dealkylation sites (tertiary alicyclic amines) is 1. The number of carbonyl (C=O) groups is 3. The predicted molar refractivity (Wildman–Crippen MR) is 104 cm³/mol. The minimum atomic E-state index is -0.729. The highest BCUT2D eigenvalue weighted by Gasteiger charge is 2.37. The van der Waals surface area contributed by atoms with Crippen molar-refractivity contribution in [1.29, 1.82) is 0 Å². The predicted octanol–water partition coefficient (Wildman–Crippen LogP) is 1.85. The first-order valence-corrected chi connectivity index (χ1v) is 9.49. The third-order valence-electron chi connectivity index (χ3n) is 4.36. The fourth-order valence-corrected chi connectivity index (χ4v) is 3.80. The van der Waals surface area contributed by atoms with Crippen molar-refractivity contribution in [2.75, 3.05) is 17.2 Å². The van der Waals surface area contributed by atoms with Crippen molar-refractivity contribution in [1.82, 2.24) is 4.90 Å². The Bertz CT molecular complexity index is 837. The molecule has 0 spiro atoms. The summed E-state index contributed by atoms with van der Waals surface area (Å²) in [6.45, 7) is 1.52. The number of aliphatic hydroxyl groups is 1. The topological polar surface area (TPSA) is 98.7 Å². The van der Waals surface area contributed by atoms with E-state index in [9.17, 15) is 19.5 Å². The van der Waals surface area contributed by atoms with Gasteiger partial charge in [-0.25, -0.2) is 0 Å². The maximum absolute atomic E-state index is 12.6. The maximum Gasteiger partial charge on any atom is 0.247 e. The summed E-state index contributed by atoms with van der Waals surface area (Å²) in [4.78, 5) is 38.9. The molecule has 7 nitrogen and oxygen atoms in total. The Kier molecular flexibility index (Phi) is 5.88. The summed E-state index contributed by atoms with van der Waals surface area (Å²) in [7, 11) is 0. The molecule has 1 saturated heterocycles. The van der Waals surface area contributed by atoms with E-state index in [-0.39, 0.29) is 37.1 Å². The monoisotopic (exact) mass is 387 g/mol. The van der Waals surface area contributed by atoms with Gasteiger partial charge in [0.1, 0.15) is 6.04 Å². The zero-order chi connectivity index (χ0) is 19.4. The molecule has 27 heavy (non-hydrogen) atoms. The first-order chi connectivity index (χ1) is 12.9. The number of β-amino-alcohol motifs (C(OH)–C–C–N with tert-alkyl or cyclic N) is 1. The number of para-hydroxylation sites is 2. The smallest absolute Gasteiger partial charge is 0.247 e. The average molecular weight is 387 g/mol. The van der Waals surface area contributed by atoms with Gasteiger partial charge in [-0.3, -0.25) is 14.4 Å². The quantitative estimate of drug-likeness (QED) is 0.729. The normalized spacial score (nSPS) is 19.0. The number of hydrogen-bond acceptors (Lipinski definition) is 5. The number of amides is 3. The van der Waals surface area contributed by atoms with E-state index in [1.807, 2.05) is 17.5 Å². The van der Waals surface area contributed by atoms with Crippen LogP contribution in [0.2, 0.25) is 0 Å². The molecule has 3 N–H and O–H groups in total. The van der Waals surface area contributed by atoms with Crippen LogP contribution in [0, 0.1) is 0 Å². The van der Waals surface area contributed by atoms with Crippen LogP contribution in [0.3, 0.4) is 0 Å². The summed E-state index contributed by atoms with van der Waals surface area (Å²) < 4.78 is 0. The van der Waals surface area contributed by atoms with Crippen LogP contribution in [0.1, 0.15) is 18.2 Å². The maximum atomic E-state index is 12.6. The van der Waals surface area contributed by atoms with Gasteiger partial charge in [0.15, 0.2) is 0 Å². The van der Waals surface area contributed by atoms with Crippen molar-refractivity contribution in [2.24, 2.45) is 0 Å². The summed E-state index contributed by atoms with van der Waals surface area (Å²) in [6.07, 6.45) is -0.268. The second-order valence-electron chi connectivity index (χ2n) is 6.42. The Morgan fingerprint density at radius 2 is 1.85 bits per heavy atom. The van der Waals surface area contributed by atoms with E-state index in [4.69, 9.17) is 0 Å². The van der Waals surface area contributed by atoms with E-state index in [0.29, 0.717) is 11.4 Å². The fraction of sp³-hybridized carbons (Fsp3) is 0.316. The standard InChI is InChI=1S/C19H21N3O4S/c1-12(23)22-11-13(24)9-17(22)19(26)21-16-7-3-2-6-15(16)20-18(25)10-14-5-4-8-27-14/h2-8,13,17,24H,9-11H2,1H3,(H,20,25)(H,21,26)/t13-,17-/m1/s1. The van der Waals surface area contributed by atoms with E-state index in [2.05, 4.69) is 10.6 Å². The molecule has 0 aliphatic carbocycles. The molecule has 1 aliphatic rings. The van der Waals surface area contributed by atoms with Gasteiger partial charge in [-0.1, -0.05) is 18.2 Å². The van der Waals surface area contributed by atoms with Crippen LogP contribution >= 0.6 is 11.3 Å². The second kappa shape index (κ2) is 8.32. The van der Waals surface area contributed by atoms with Crippen molar-refractivity contribution < 1.29 is 19.5 Å². The Labute approximate surface area is 161 Å². The van der Waals surface area contributed by atoms with Crippen molar-refractivity contribution in [3.8, 4) is 0 Å². The molecule has 3 amide bonds.